The summed E-state index contributed by atoms with van der Waals surface area (Å²) in [5.41, 5.74) is 8.08. The maximum absolute atomic E-state index is 12.8. The van der Waals surface area contributed by atoms with E-state index in [1.807, 2.05) is 12.1 Å². The first-order chi connectivity index (χ1) is 19.7. The van der Waals surface area contributed by atoms with Crippen LogP contribution in [0.25, 0.3) is 5.82 Å². The van der Waals surface area contributed by atoms with Gasteiger partial charge in [-0.3, -0.25) is 15.2 Å². The minimum Gasteiger partial charge on any atom is -0.493 e. The fraction of sp³-hybridized carbons (Fsp3) is 0.259. The topological polar surface area (TPSA) is 203 Å². The Morgan fingerprint density at radius 3 is 2.44 bits per heavy atom. The third-order valence-corrected chi connectivity index (χ3v) is 5.68. The SMILES string of the molecule is CC(=O)O.COCCc1cc([C@H](Nc2ccc(C(=N)N)cc2)c2nn(-c3cccnn3)c(=O)[nH]2)cc(OC)c1OC. The van der Waals surface area contributed by atoms with Crippen LogP contribution in [0.1, 0.15) is 35.5 Å². The van der Waals surface area contributed by atoms with Gasteiger partial charge in [0.15, 0.2) is 23.1 Å². The number of nitrogens with two attached hydrogens (primary N) is 1. The number of anilines is 1. The van der Waals surface area contributed by atoms with Crippen LogP contribution in [0.2, 0.25) is 0 Å². The summed E-state index contributed by atoms with van der Waals surface area (Å²) in [6.07, 6.45) is 2.09. The second kappa shape index (κ2) is 14.2. The molecule has 0 spiro atoms. The number of hydrogen-bond donors (Lipinski definition) is 5. The van der Waals surface area contributed by atoms with Crippen molar-refractivity contribution in [1.29, 1.82) is 5.41 Å². The van der Waals surface area contributed by atoms with Gasteiger partial charge in [0.2, 0.25) is 0 Å². The number of benzene rings is 2. The van der Waals surface area contributed by atoms with Gasteiger partial charge in [-0.05, 0) is 60.5 Å². The van der Waals surface area contributed by atoms with E-state index in [4.69, 9.17) is 35.3 Å². The van der Waals surface area contributed by atoms with E-state index >= 15 is 0 Å². The van der Waals surface area contributed by atoms with Gasteiger partial charge >= 0.3 is 5.69 Å². The van der Waals surface area contributed by atoms with Gasteiger partial charge in [-0.2, -0.15) is 9.78 Å². The van der Waals surface area contributed by atoms with Gasteiger partial charge in [0.25, 0.3) is 5.97 Å². The van der Waals surface area contributed by atoms with E-state index in [1.54, 1.807) is 57.7 Å². The summed E-state index contributed by atoms with van der Waals surface area (Å²) >= 11 is 0. The summed E-state index contributed by atoms with van der Waals surface area (Å²) in [7, 11) is 4.78. The predicted octanol–water partition coefficient (Wildman–Crippen LogP) is 2.13. The Kier molecular flexibility index (Phi) is 10.5. The van der Waals surface area contributed by atoms with Crippen molar-refractivity contribution in [3.63, 3.8) is 0 Å². The molecule has 0 saturated carbocycles. The number of aromatic amines is 1. The van der Waals surface area contributed by atoms with Gasteiger partial charge in [-0.25, -0.2) is 4.79 Å². The van der Waals surface area contributed by atoms with E-state index in [0.717, 1.165) is 28.4 Å². The standard InChI is InChI=1S/C25H28N8O4.C2H4O2/c1-35-12-10-16-13-17(14-19(36-2)22(16)37-3)21(29-18-8-6-15(7-9-18)23(26)27)24-30-25(34)33(32-24)20-5-4-11-28-31-20;1-2(3)4/h4-9,11,13-14,21,29H,10,12H2,1-3H3,(H3,26,27)(H,30,32,34);1H3,(H,3,4)/t21-;/m0./s1. The molecule has 4 aromatic rings. The van der Waals surface area contributed by atoms with Crippen LogP contribution < -0.4 is 26.2 Å². The molecule has 0 bridgehead atoms. The lowest BCUT2D eigenvalue weighted by molar-refractivity contribution is -0.134. The maximum Gasteiger partial charge on any atom is 0.349 e. The maximum atomic E-state index is 12.8. The Morgan fingerprint density at radius 2 is 1.88 bits per heavy atom. The van der Waals surface area contributed by atoms with Crippen LogP contribution in [0.5, 0.6) is 11.5 Å². The molecule has 0 aliphatic heterocycles. The third kappa shape index (κ3) is 7.89. The van der Waals surface area contributed by atoms with Crippen LogP contribution >= 0.6 is 0 Å². The minimum absolute atomic E-state index is 0.0298. The van der Waals surface area contributed by atoms with Crippen molar-refractivity contribution in [2.24, 2.45) is 5.73 Å². The molecule has 0 aliphatic carbocycles. The molecule has 2 aromatic carbocycles. The average molecular weight is 565 g/mol. The Balaban J connectivity index is 0.00000108. The Morgan fingerprint density at radius 1 is 1.17 bits per heavy atom. The average Bonchev–Trinajstić information content (AvgIpc) is 3.35. The smallest absolute Gasteiger partial charge is 0.349 e. The van der Waals surface area contributed by atoms with Crippen LogP contribution in [0.4, 0.5) is 5.69 Å². The van der Waals surface area contributed by atoms with Crippen LogP contribution in [-0.4, -0.2) is 69.8 Å². The van der Waals surface area contributed by atoms with Crippen molar-refractivity contribution in [3.05, 3.63) is 87.7 Å². The Hall–Kier alpha value is -5.24. The summed E-state index contributed by atoms with van der Waals surface area (Å²) in [4.78, 5) is 24.7. The zero-order valence-corrected chi connectivity index (χ0v) is 23.0. The molecule has 0 fully saturated rings. The summed E-state index contributed by atoms with van der Waals surface area (Å²) in [6.45, 7) is 1.56. The normalized spacial score (nSPS) is 11.1. The molecule has 14 heteroatoms. The van der Waals surface area contributed by atoms with Crippen molar-refractivity contribution in [2.45, 2.75) is 19.4 Å². The monoisotopic (exact) mass is 564 g/mol. The number of carboxylic acids is 1. The second-order valence-corrected chi connectivity index (χ2v) is 8.55. The van der Waals surface area contributed by atoms with Crippen molar-refractivity contribution >= 4 is 17.5 Å². The number of nitrogen functional groups attached to an aromatic ring is 1. The zero-order chi connectivity index (χ0) is 29.9. The second-order valence-electron chi connectivity index (χ2n) is 8.55. The molecule has 0 saturated heterocycles. The van der Waals surface area contributed by atoms with E-state index in [9.17, 15) is 4.79 Å². The molecule has 0 aliphatic rings. The molecule has 0 radical (unpaired) electrons. The highest BCUT2D eigenvalue weighted by atomic mass is 16.5. The molecule has 0 unspecified atom stereocenters. The van der Waals surface area contributed by atoms with Crippen LogP contribution in [0, 0.1) is 5.41 Å². The fourth-order valence-corrected chi connectivity index (χ4v) is 3.89. The molecule has 4 rings (SSSR count). The number of nitrogens with one attached hydrogen (secondary N) is 3. The Labute approximate surface area is 235 Å². The molecule has 2 aromatic heterocycles. The molecule has 6 N–H and O–H groups in total. The molecule has 41 heavy (non-hydrogen) atoms. The Bertz CT molecular complexity index is 1520. The number of carboxylic acid groups (broad SMARTS) is 1. The lowest BCUT2D eigenvalue weighted by atomic mass is 9.99. The molecule has 14 nitrogen and oxygen atoms in total. The molecule has 1 atom stereocenters. The molecule has 216 valence electrons. The van der Waals surface area contributed by atoms with E-state index in [0.29, 0.717) is 35.9 Å². The van der Waals surface area contributed by atoms with Crippen LogP contribution in [-0.2, 0) is 16.0 Å². The lowest BCUT2D eigenvalue weighted by Gasteiger charge is -2.22. The highest BCUT2D eigenvalue weighted by Gasteiger charge is 2.24. The van der Waals surface area contributed by atoms with E-state index in [1.165, 1.54) is 6.20 Å². The van der Waals surface area contributed by atoms with Crippen LogP contribution in [0.15, 0.2) is 59.5 Å². The van der Waals surface area contributed by atoms with Gasteiger partial charge in [0.05, 0.1) is 20.8 Å². The van der Waals surface area contributed by atoms with E-state index in [-0.39, 0.29) is 11.7 Å². The summed E-state index contributed by atoms with van der Waals surface area (Å²) in [6, 6.07) is 13.6. The number of aliphatic carboxylic acids is 1. The minimum atomic E-state index is -0.833. The summed E-state index contributed by atoms with van der Waals surface area (Å²) in [5.74, 6) is 0.897. The van der Waals surface area contributed by atoms with Gasteiger partial charge in [-0.1, -0.05) is 0 Å². The van der Waals surface area contributed by atoms with Crippen molar-refractivity contribution in [2.75, 3.05) is 33.3 Å². The number of amidine groups is 1. The lowest BCUT2D eigenvalue weighted by Crippen LogP contribution is -2.17. The largest absolute Gasteiger partial charge is 0.493 e. The number of aromatic nitrogens is 5. The van der Waals surface area contributed by atoms with Gasteiger partial charge in [-0.15, -0.1) is 10.2 Å². The number of carbonyl (C=O) groups is 1. The first kappa shape index (κ1) is 30.3. The number of nitrogens with zero attached hydrogens (tertiary/aromatic N) is 4. The highest BCUT2D eigenvalue weighted by molar-refractivity contribution is 5.95. The fourth-order valence-electron chi connectivity index (χ4n) is 3.89. The number of rotatable bonds is 11. The van der Waals surface area contributed by atoms with Gasteiger partial charge < -0.3 is 30.4 Å². The molecule has 0 amide bonds. The molecular weight excluding hydrogens is 532 g/mol. The predicted molar refractivity (Wildman–Crippen MR) is 151 cm³/mol. The van der Waals surface area contributed by atoms with E-state index in [2.05, 4.69) is 25.6 Å². The quantitative estimate of drug-likeness (QED) is 0.132. The third-order valence-electron chi connectivity index (χ3n) is 5.68. The molecule has 2 heterocycles. The van der Waals surface area contributed by atoms with Crippen LogP contribution in [0.3, 0.4) is 0 Å². The zero-order valence-electron chi connectivity index (χ0n) is 23.0. The number of methoxy groups -OCH3 is 3. The highest BCUT2D eigenvalue weighted by Crippen LogP contribution is 2.37. The van der Waals surface area contributed by atoms with Crippen molar-refractivity contribution in [3.8, 4) is 17.3 Å². The first-order valence-electron chi connectivity index (χ1n) is 12.3. The molecular formula is C27H32N8O6. The summed E-state index contributed by atoms with van der Waals surface area (Å²) < 4.78 is 17.7. The summed E-state index contributed by atoms with van der Waals surface area (Å²) in [5, 5.41) is 30.8. The van der Waals surface area contributed by atoms with Gasteiger partial charge in [0.1, 0.15) is 11.9 Å². The van der Waals surface area contributed by atoms with Crippen molar-refractivity contribution in [1.82, 2.24) is 25.0 Å². The van der Waals surface area contributed by atoms with E-state index < -0.39 is 17.7 Å². The van der Waals surface area contributed by atoms with Gasteiger partial charge in [0, 0.05) is 37.0 Å². The number of hydrogen-bond acceptors (Lipinski definition) is 10. The number of ether oxygens (including phenoxy) is 3. The first-order valence-corrected chi connectivity index (χ1v) is 12.3. The number of H-pyrrole nitrogens is 1. The van der Waals surface area contributed by atoms with Crippen molar-refractivity contribution < 1.29 is 24.1 Å².